The fraction of sp³-hybridized carbons (Fsp3) is 0.333. The molecule has 0 saturated heterocycles. The van der Waals surface area contributed by atoms with E-state index in [4.69, 9.17) is 0 Å². The molecule has 0 aromatic carbocycles. The lowest BCUT2D eigenvalue weighted by Gasteiger charge is -2.12. The average molecular weight is 204 g/mol. The SMILES string of the molecule is CC(Nc1cnccn1)c1nncn1C. The predicted molar refractivity (Wildman–Crippen MR) is 55.1 cm³/mol. The number of nitrogens with one attached hydrogen (secondary N) is 1. The van der Waals surface area contributed by atoms with Gasteiger partial charge in [-0.1, -0.05) is 0 Å². The highest BCUT2D eigenvalue weighted by Gasteiger charge is 2.10. The van der Waals surface area contributed by atoms with Crippen LogP contribution < -0.4 is 5.32 Å². The topological polar surface area (TPSA) is 68.5 Å². The molecule has 1 atom stereocenters. The van der Waals surface area contributed by atoms with Crippen molar-refractivity contribution in [1.29, 1.82) is 0 Å². The minimum atomic E-state index is 0.0502. The molecule has 0 fully saturated rings. The zero-order valence-electron chi connectivity index (χ0n) is 8.62. The smallest absolute Gasteiger partial charge is 0.154 e. The van der Waals surface area contributed by atoms with Crippen molar-refractivity contribution in [2.45, 2.75) is 13.0 Å². The van der Waals surface area contributed by atoms with Gasteiger partial charge >= 0.3 is 0 Å². The Balaban J connectivity index is 2.11. The van der Waals surface area contributed by atoms with E-state index in [9.17, 15) is 0 Å². The molecule has 6 nitrogen and oxygen atoms in total. The van der Waals surface area contributed by atoms with Gasteiger partial charge in [-0.05, 0) is 6.92 Å². The summed E-state index contributed by atoms with van der Waals surface area (Å²) in [4.78, 5) is 8.10. The lowest BCUT2D eigenvalue weighted by Crippen LogP contribution is -2.12. The fourth-order valence-electron chi connectivity index (χ4n) is 1.34. The molecule has 78 valence electrons. The van der Waals surface area contributed by atoms with Crippen LogP contribution in [0.1, 0.15) is 18.8 Å². The molecule has 0 spiro atoms. The van der Waals surface area contributed by atoms with Gasteiger partial charge in [0.05, 0.1) is 12.2 Å². The zero-order chi connectivity index (χ0) is 10.7. The molecular weight excluding hydrogens is 192 g/mol. The van der Waals surface area contributed by atoms with Crippen LogP contribution in [0.3, 0.4) is 0 Å². The van der Waals surface area contributed by atoms with Crippen molar-refractivity contribution in [2.24, 2.45) is 7.05 Å². The second-order valence-corrected chi connectivity index (χ2v) is 3.26. The number of hydrogen-bond donors (Lipinski definition) is 1. The summed E-state index contributed by atoms with van der Waals surface area (Å²) in [7, 11) is 1.91. The van der Waals surface area contributed by atoms with Crippen molar-refractivity contribution < 1.29 is 0 Å². The Labute approximate surface area is 87.4 Å². The molecule has 2 heterocycles. The normalized spacial score (nSPS) is 12.4. The molecule has 0 bridgehead atoms. The van der Waals surface area contributed by atoms with Gasteiger partial charge in [-0.2, -0.15) is 0 Å². The maximum atomic E-state index is 4.13. The van der Waals surface area contributed by atoms with Crippen molar-refractivity contribution in [2.75, 3.05) is 5.32 Å². The molecule has 0 aliphatic carbocycles. The Bertz CT molecular complexity index is 423. The molecule has 0 aliphatic heterocycles. The highest BCUT2D eigenvalue weighted by atomic mass is 15.3. The summed E-state index contributed by atoms with van der Waals surface area (Å²) in [6.45, 7) is 2.00. The van der Waals surface area contributed by atoms with Crippen LogP contribution in [0.25, 0.3) is 0 Å². The molecule has 0 aliphatic rings. The Morgan fingerprint density at radius 2 is 2.27 bits per heavy atom. The number of hydrogen-bond acceptors (Lipinski definition) is 5. The summed E-state index contributed by atoms with van der Waals surface area (Å²) in [5, 5.41) is 11.0. The van der Waals surface area contributed by atoms with Gasteiger partial charge in [0.25, 0.3) is 0 Å². The average Bonchev–Trinajstić information content (AvgIpc) is 2.66. The van der Waals surface area contributed by atoms with Crippen LogP contribution >= 0.6 is 0 Å². The Morgan fingerprint density at radius 1 is 1.40 bits per heavy atom. The van der Waals surface area contributed by atoms with Crippen LogP contribution in [0.2, 0.25) is 0 Å². The highest BCUT2D eigenvalue weighted by Crippen LogP contribution is 2.13. The van der Waals surface area contributed by atoms with E-state index in [2.05, 4.69) is 25.5 Å². The Hall–Kier alpha value is -1.98. The molecule has 1 N–H and O–H groups in total. The maximum absolute atomic E-state index is 4.13. The molecule has 1 unspecified atom stereocenters. The van der Waals surface area contributed by atoms with E-state index in [1.807, 2.05) is 18.5 Å². The Morgan fingerprint density at radius 3 is 2.87 bits per heavy atom. The van der Waals surface area contributed by atoms with Crippen molar-refractivity contribution >= 4 is 5.82 Å². The van der Waals surface area contributed by atoms with E-state index in [0.29, 0.717) is 0 Å². The summed E-state index contributed by atoms with van der Waals surface area (Å²) in [6, 6.07) is 0.0502. The minimum absolute atomic E-state index is 0.0502. The van der Waals surface area contributed by atoms with Crippen LogP contribution in [-0.2, 0) is 7.05 Å². The summed E-state index contributed by atoms with van der Waals surface area (Å²) in [6.07, 6.45) is 6.63. The molecule has 0 radical (unpaired) electrons. The van der Waals surface area contributed by atoms with Crippen LogP contribution in [0.15, 0.2) is 24.9 Å². The first kappa shape index (κ1) is 9.57. The van der Waals surface area contributed by atoms with Crippen LogP contribution in [0.4, 0.5) is 5.82 Å². The predicted octanol–water partition coefficient (Wildman–Crippen LogP) is 0.778. The zero-order valence-corrected chi connectivity index (χ0v) is 8.62. The molecule has 6 heteroatoms. The molecule has 2 aromatic rings. The van der Waals surface area contributed by atoms with Crippen molar-refractivity contribution in [1.82, 2.24) is 24.7 Å². The number of aromatic nitrogens is 5. The first-order valence-corrected chi connectivity index (χ1v) is 4.64. The lowest BCUT2D eigenvalue weighted by molar-refractivity contribution is 0.716. The standard InChI is InChI=1S/C9H12N6/c1-7(9-14-12-6-15(9)2)13-8-5-10-3-4-11-8/h3-7H,1-2H3,(H,11,13). The van der Waals surface area contributed by atoms with Crippen molar-refractivity contribution in [3.8, 4) is 0 Å². The van der Waals surface area contributed by atoms with E-state index in [1.54, 1.807) is 24.9 Å². The molecule has 2 aromatic heterocycles. The third-order valence-corrected chi connectivity index (χ3v) is 2.06. The minimum Gasteiger partial charge on any atom is -0.359 e. The summed E-state index contributed by atoms with van der Waals surface area (Å²) in [5.41, 5.74) is 0. The van der Waals surface area contributed by atoms with Gasteiger partial charge in [-0.15, -0.1) is 10.2 Å². The van der Waals surface area contributed by atoms with Crippen LogP contribution in [0.5, 0.6) is 0 Å². The van der Waals surface area contributed by atoms with Crippen LogP contribution in [-0.4, -0.2) is 24.7 Å². The van der Waals surface area contributed by atoms with E-state index >= 15 is 0 Å². The molecule has 2 rings (SSSR count). The third-order valence-electron chi connectivity index (χ3n) is 2.06. The number of anilines is 1. The maximum Gasteiger partial charge on any atom is 0.154 e. The second kappa shape index (κ2) is 4.04. The molecular formula is C9H12N6. The lowest BCUT2D eigenvalue weighted by atomic mass is 10.3. The highest BCUT2D eigenvalue weighted by molar-refractivity contribution is 5.32. The quantitative estimate of drug-likeness (QED) is 0.800. The van der Waals surface area contributed by atoms with E-state index in [1.165, 1.54) is 0 Å². The molecule has 15 heavy (non-hydrogen) atoms. The number of nitrogens with zero attached hydrogens (tertiary/aromatic N) is 5. The summed E-state index contributed by atoms with van der Waals surface area (Å²) >= 11 is 0. The van der Waals surface area contributed by atoms with Gasteiger partial charge in [-0.25, -0.2) is 4.98 Å². The van der Waals surface area contributed by atoms with E-state index < -0.39 is 0 Å². The van der Waals surface area contributed by atoms with Crippen molar-refractivity contribution in [3.63, 3.8) is 0 Å². The Kier molecular flexibility index (Phi) is 2.57. The number of rotatable bonds is 3. The number of aryl methyl sites for hydroxylation is 1. The van der Waals surface area contributed by atoms with Gasteiger partial charge in [0.2, 0.25) is 0 Å². The van der Waals surface area contributed by atoms with Gasteiger partial charge in [0.1, 0.15) is 12.1 Å². The van der Waals surface area contributed by atoms with Gasteiger partial charge in [0, 0.05) is 19.4 Å². The fourth-order valence-corrected chi connectivity index (χ4v) is 1.34. The van der Waals surface area contributed by atoms with Gasteiger partial charge < -0.3 is 9.88 Å². The largest absolute Gasteiger partial charge is 0.359 e. The van der Waals surface area contributed by atoms with Crippen LogP contribution in [0, 0.1) is 0 Å². The second-order valence-electron chi connectivity index (χ2n) is 3.26. The van der Waals surface area contributed by atoms with Gasteiger partial charge in [0.15, 0.2) is 5.82 Å². The van der Waals surface area contributed by atoms with E-state index in [-0.39, 0.29) is 6.04 Å². The third kappa shape index (κ3) is 2.09. The molecule has 0 amide bonds. The van der Waals surface area contributed by atoms with Gasteiger partial charge in [-0.3, -0.25) is 4.98 Å². The first-order valence-electron chi connectivity index (χ1n) is 4.64. The van der Waals surface area contributed by atoms with Crippen molar-refractivity contribution in [3.05, 3.63) is 30.7 Å². The molecule has 0 saturated carbocycles. The monoisotopic (exact) mass is 204 g/mol. The summed E-state index contributed by atoms with van der Waals surface area (Å²) in [5.74, 6) is 1.59. The summed E-state index contributed by atoms with van der Waals surface area (Å²) < 4.78 is 1.87. The first-order chi connectivity index (χ1) is 7.27. The van der Waals surface area contributed by atoms with E-state index in [0.717, 1.165) is 11.6 Å².